The van der Waals surface area contributed by atoms with Gasteiger partial charge in [-0.1, -0.05) is 31.6 Å². The topological polar surface area (TPSA) is 37.3 Å². The number of aryl methyl sites for hydroxylation is 1. The van der Waals surface area contributed by atoms with Crippen LogP contribution in [0.5, 0.6) is 0 Å². The number of carboxylic acid groups (broad SMARTS) is 1. The zero-order chi connectivity index (χ0) is 14.5. The van der Waals surface area contributed by atoms with Crippen LogP contribution < -0.4 is 0 Å². The second-order valence-corrected chi connectivity index (χ2v) is 11.8. The molecule has 2 nitrogen and oxygen atoms in total. The van der Waals surface area contributed by atoms with Gasteiger partial charge in [-0.15, -0.1) is 5.54 Å². The Morgan fingerprint density at radius 2 is 2.10 bits per heavy atom. The molecule has 0 heterocycles. The second kappa shape index (κ2) is 4.49. The average molecular weight is 284 g/mol. The zero-order valence-corrected chi connectivity index (χ0v) is 13.2. The van der Waals surface area contributed by atoms with Crippen LogP contribution in [0.3, 0.4) is 0 Å². The predicted molar refractivity (Wildman–Crippen MR) is 82.3 cm³/mol. The van der Waals surface area contributed by atoms with Gasteiger partial charge in [0.2, 0.25) is 0 Å². The van der Waals surface area contributed by atoms with E-state index in [2.05, 4.69) is 49.3 Å². The van der Waals surface area contributed by atoms with Gasteiger partial charge in [0.25, 0.3) is 0 Å². The van der Waals surface area contributed by atoms with Crippen molar-refractivity contribution in [3.05, 3.63) is 34.9 Å². The first-order chi connectivity index (χ1) is 9.37. The number of hydrogen-bond acceptors (Lipinski definition) is 1. The highest BCUT2D eigenvalue weighted by atomic mass is 28.3. The van der Waals surface area contributed by atoms with Crippen molar-refractivity contribution in [2.75, 3.05) is 0 Å². The Morgan fingerprint density at radius 3 is 2.75 bits per heavy atom. The van der Waals surface area contributed by atoms with E-state index in [0.717, 1.165) is 18.4 Å². The van der Waals surface area contributed by atoms with Gasteiger partial charge in [0.15, 0.2) is 0 Å². The van der Waals surface area contributed by atoms with Crippen LogP contribution in [0, 0.1) is 23.3 Å². The van der Waals surface area contributed by atoms with E-state index in [1.54, 1.807) is 0 Å². The Labute approximate surface area is 121 Å². The smallest absolute Gasteiger partial charge is 0.307 e. The van der Waals surface area contributed by atoms with Crippen molar-refractivity contribution >= 4 is 14.0 Å². The Kier molecular flexibility index (Phi) is 3.02. The van der Waals surface area contributed by atoms with E-state index in [-0.39, 0.29) is 11.8 Å². The molecule has 0 aromatic heterocycles. The molecule has 2 aliphatic carbocycles. The van der Waals surface area contributed by atoms with E-state index in [4.69, 9.17) is 0 Å². The molecule has 0 saturated heterocycles. The Bertz CT molecular complexity index is 631. The van der Waals surface area contributed by atoms with Crippen LogP contribution in [0.4, 0.5) is 0 Å². The zero-order valence-electron chi connectivity index (χ0n) is 12.2. The molecule has 0 radical (unpaired) electrons. The molecular weight excluding hydrogens is 264 g/mol. The van der Waals surface area contributed by atoms with Gasteiger partial charge in [-0.25, -0.2) is 0 Å². The van der Waals surface area contributed by atoms with Gasteiger partial charge < -0.3 is 5.11 Å². The Hall–Kier alpha value is -1.53. The summed E-state index contributed by atoms with van der Waals surface area (Å²) in [5.41, 5.74) is 7.04. The van der Waals surface area contributed by atoms with Crippen LogP contribution in [-0.4, -0.2) is 19.1 Å². The third-order valence-corrected chi connectivity index (χ3v) is 5.16. The lowest BCUT2D eigenvalue weighted by Gasteiger charge is -2.14. The summed E-state index contributed by atoms with van der Waals surface area (Å²) in [6, 6.07) is 6.35. The number of carbonyl (C=O) groups is 1. The SMILES string of the molecule is C[Si](C)(C)C#Cc1ccc2c(c1)CCC1C(C(=O)O)C21. The van der Waals surface area contributed by atoms with Crippen LogP contribution in [0.1, 0.15) is 29.0 Å². The molecule has 3 rings (SSSR count). The van der Waals surface area contributed by atoms with Crippen LogP contribution in [0.15, 0.2) is 18.2 Å². The third kappa shape index (κ3) is 2.41. The minimum Gasteiger partial charge on any atom is -0.481 e. The van der Waals surface area contributed by atoms with E-state index in [0.29, 0.717) is 5.92 Å². The molecule has 1 aromatic carbocycles. The summed E-state index contributed by atoms with van der Waals surface area (Å²) in [5, 5.41) is 9.22. The van der Waals surface area contributed by atoms with Gasteiger partial charge in [-0.2, -0.15) is 0 Å². The van der Waals surface area contributed by atoms with Crippen LogP contribution in [0.25, 0.3) is 0 Å². The molecule has 1 fully saturated rings. The minimum atomic E-state index is -1.35. The van der Waals surface area contributed by atoms with E-state index in [1.165, 1.54) is 11.1 Å². The molecule has 3 unspecified atom stereocenters. The summed E-state index contributed by atoms with van der Waals surface area (Å²) in [6.07, 6.45) is 2.02. The molecule has 2 aliphatic rings. The van der Waals surface area contributed by atoms with Crippen molar-refractivity contribution in [1.29, 1.82) is 0 Å². The molecule has 3 atom stereocenters. The fourth-order valence-corrected chi connectivity index (χ4v) is 3.82. The second-order valence-electron chi connectivity index (χ2n) is 7.01. The summed E-state index contributed by atoms with van der Waals surface area (Å²) in [4.78, 5) is 11.2. The average Bonchev–Trinajstić information content (AvgIpc) is 3.10. The van der Waals surface area contributed by atoms with Crippen molar-refractivity contribution in [3.8, 4) is 11.5 Å². The molecule has 1 saturated carbocycles. The monoisotopic (exact) mass is 284 g/mol. The maximum Gasteiger partial charge on any atom is 0.307 e. The van der Waals surface area contributed by atoms with Gasteiger partial charge in [0.05, 0.1) is 5.92 Å². The Morgan fingerprint density at radius 1 is 1.35 bits per heavy atom. The van der Waals surface area contributed by atoms with E-state index in [9.17, 15) is 9.90 Å². The van der Waals surface area contributed by atoms with Crippen molar-refractivity contribution in [3.63, 3.8) is 0 Å². The van der Waals surface area contributed by atoms with E-state index >= 15 is 0 Å². The first-order valence-electron chi connectivity index (χ1n) is 7.25. The molecule has 0 bridgehead atoms. The number of benzene rings is 1. The predicted octanol–water partition coefficient (Wildman–Crippen LogP) is 3.28. The summed E-state index contributed by atoms with van der Waals surface area (Å²) < 4.78 is 0. The molecule has 0 aliphatic heterocycles. The molecule has 0 spiro atoms. The summed E-state index contributed by atoms with van der Waals surface area (Å²) in [6.45, 7) is 6.72. The van der Waals surface area contributed by atoms with Crippen molar-refractivity contribution < 1.29 is 9.90 Å². The summed E-state index contributed by atoms with van der Waals surface area (Å²) >= 11 is 0. The fraction of sp³-hybridized carbons (Fsp3) is 0.471. The number of hydrogen-bond donors (Lipinski definition) is 1. The highest BCUT2D eigenvalue weighted by Gasteiger charge is 2.57. The lowest BCUT2D eigenvalue weighted by Crippen LogP contribution is -2.16. The highest BCUT2D eigenvalue weighted by Crippen LogP contribution is 2.59. The van der Waals surface area contributed by atoms with Crippen molar-refractivity contribution in [2.24, 2.45) is 11.8 Å². The Balaban J connectivity index is 1.88. The fourth-order valence-electron chi connectivity index (χ4n) is 3.30. The highest BCUT2D eigenvalue weighted by molar-refractivity contribution is 6.83. The van der Waals surface area contributed by atoms with Gasteiger partial charge in [0.1, 0.15) is 8.07 Å². The number of rotatable bonds is 1. The molecule has 104 valence electrons. The first kappa shape index (κ1) is 13.4. The van der Waals surface area contributed by atoms with Crippen LogP contribution in [-0.2, 0) is 11.2 Å². The standard InChI is InChI=1S/C17H20O2Si/c1-20(2,3)9-8-11-4-6-13-12(10-11)5-7-14-15(13)16(14)17(18)19/h4,6,10,14-16H,5,7H2,1-3H3,(H,18,19). The molecule has 1 aromatic rings. The number of fused-ring (bicyclic) bond motifs is 3. The summed E-state index contributed by atoms with van der Waals surface area (Å²) in [7, 11) is -1.35. The van der Waals surface area contributed by atoms with Crippen LogP contribution >= 0.6 is 0 Å². The quantitative estimate of drug-likeness (QED) is 0.635. The number of carboxylic acids is 1. The molecular formula is C17H20O2Si. The third-order valence-electron chi connectivity index (χ3n) is 4.28. The van der Waals surface area contributed by atoms with E-state index in [1.807, 2.05) is 0 Å². The maximum absolute atomic E-state index is 11.2. The molecule has 0 amide bonds. The lowest BCUT2D eigenvalue weighted by atomic mass is 9.90. The molecule has 3 heteroatoms. The summed E-state index contributed by atoms with van der Waals surface area (Å²) in [5.74, 6) is 3.15. The van der Waals surface area contributed by atoms with Gasteiger partial charge in [-0.3, -0.25) is 4.79 Å². The van der Waals surface area contributed by atoms with Crippen LogP contribution in [0.2, 0.25) is 19.6 Å². The number of aliphatic carboxylic acids is 1. The first-order valence-corrected chi connectivity index (χ1v) is 10.8. The largest absolute Gasteiger partial charge is 0.481 e. The maximum atomic E-state index is 11.2. The lowest BCUT2D eigenvalue weighted by molar-refractivity contribution is -0.139. The molecule has 1 N–H and O–H groups in total. The molecule has 20 heavy (non-hydrogen) atoms. The normalized spacial score (nSPS) is 26.9. The van der Waals surface area contributed by atoms with Gasteiger partial charge in [0, 0.05) is 11.5 Å². The van der Waals surface area contributed by atoms with Gasteiger partial charge >= 0.3 is 5.97 Å². The van der Waals surface area contributed by atoms with Gasteiger partial charge in [-0.05, 0) is 42.0 Å². The van der Waals surface area contributed by atoms with Crippen molar-refractivity contribution in [2.45, 2.75) is 38.4 Å². The van der Waals surface area contributed by atoms with Crippen molar-refractivity contribution in [1.82, 2.24) is 0 Å². The minimum absolute atomic E-state index is 0.143. The van der Waals surface area contributed by atoms with E-state index < -0.39 is 14.0 Å².